The van der Waals surface area contributed by atoms with E-state index in [1.54, 1.807) is 12.1 Å². The number of guanidine groups is 1. The largest absolute Gasteiger partial charge is 0.493 e. The number of hydrogen-bond donors (Lipinski definition) is 2. The number of hydrogen-bond acceptors (Lipinski definition) is 2. The van der Waals surface area contributed by atoms with Gasteiger partial charge in [0.05, 0.1) is 19.2 Å². The molecule has 0 aromatic heterocycles. The molecule has 2 aromatic carbocycles. The van der Waals surface area contributed by atoms with Gasteiger partial charge in [0.1, 0.15) is 5.75 Å². The minimum absolute atomic E-state index is 0. The summed E-state index contributed by atoms with van der Waals surface area (Å²) in [7, 11) is 0. The Morgan fingerprint density at radius 1 is 1.20 bits per heavy atom. The molecule has 1 heterocycles. The van der Waals surface area contributed by atoms with Crippen LogP contribution in [0, 0.1) is 0 Å². The van der Waals surface area contributed by atoms with Crippen LogP contribution in [-0.4, -0.2) is 12.6 Å². The van der Waals surface area contributed by atoms with Gasteiger partial charge in [-0.3, -0.25) is 0 Å². The van der Waals surface area contributed by atoms with Crippen molar-refractivity contribution >= 4 is 29.9 Å². The first-order chi connectivity index (χ1) is 11.6. The standard InChI is InChI=1S/C18H19F2N3O.HI/c19-17(20)13-7-5-12(6-8-13)11-22-18(21)23-15-9-10-24-16-4-2-1-3-14(15)16;/h1-8,15,17H,9-11H2,(H3,21,22,23);1H. The molecule has 1 atom stereocenters. The molecule has 0 radical (unpaired) electrons. The molecule has 0 amide bonds. The Hall–Kier alpha value is -1.90. The summed E-state index contributed by atoms with van der Waals surface area (Å²) >= 11 is 0. The van der Waals surface area contributed by atoms with Gasteiger partial charge in [0.15, 0.2) is 5.96 Å². The van der Waals surface area contributed by atoms with Crippen LogP contribution in [0.25, 0.3) is 0 Å². The SMILES string of the molecule is I.NC(=NCc1ccc(C(F)F)cc1)NC1CCOc2ccccc21. The number of aliphatic imine (C=N–C) groups is 1. The fraction of sp³-hybridized carbons (Fsp3) is 0.278. The third-order valence-corrected chi connectivity index (χ3v) is 3.94. The lowest BCUT2D eigenvalue weighted by atomic mass is 10.0. The highest BCUT2D eigenvalue weighted by molar-refractivity contribution is 14.0. The first-order valence-electron chi connectivity index (χ1n) is 7.78. The molecule has 0 fully saturated rings. The lowest BCUT2D eigenvalue weighted by Gasteiger charge is -2.26. The summed E-state index contributed by atoms with van der Waals surface area (Å²) < 4.78 is 30.7. The molecule has 2 aromatic rings. The lowest BCUT2D eigenvalue weighted by Crippen LogP contribution is -2.37. The van der Waals surface area contributed by atoms with Crippen molar-refractivity contribution < 1.29 is 13.5 Å². The van der Waals surface area contributed by atoms with Crippen LogP contribution in [0.3, 0.4) is 0 Å². The van der Waals surface area contributed by atoms with Crippen molar-refractivity contribution in [3.63, 3.8) is 0 Å². The maximum atomic E-state index is 12.5. The van der Waals surface area contributed by atoms with Gasteiger partial charge in [0.2, 0.25) is 0 Å². The molecule has 1 aliphatic heterocycles. The maximum absolute atomic E-state index is 12.5. The second kappa shape index (κ2) is 8.98. The van der Waals surface area contributed by atoms with Gasteiger partial charge in [-0.1, -0.05) is 42.5 Å². The molecule has 4 nitrogen and oxygen atoms in total. The first-order valence-corrected chi connectivity index (χ1v) is 7.78. The van der Waals surface area contributed by atoms with Crippen LogP contribution in [-0.2, 0) is 6.54 Å². The molecular weight excluding hydrogens is 439 g/mol. The predicted molar refractivity (Wildman–Crippen MR) is 105 cm³/mol. The smallest absolute Gasteiger partial charge is 0.263 e. The van der Waals surface area contributed by atoms with Gasteiger partial charge in [-0.05, 0) is 11.6 Å². The van der Waals surface area contributed by atoms with Crippen molar-refractivity contribution in [3.05, 3.63) is 65.2 Å². The van der Waals surface area contributed by atoms with Gasteiger partial charge in [-0.25, -0.2) is 13.8 Å². The van der Waals surface area contributed by atoms with Crippen molar-refractivity contribution in [1.82, 2.24) is 5.32 Å². The van der Waals surface area contributed by atoms with E-state index in [9.17, 15) is 8.78 Å². The molecule has 3 N–H and O–H groups in total. The molecule has 134 valence electrons. The number of rotatable bonds is 4. The third kappa shape index (κ3) is 5.04. The zero-order chi connectivity index (χ0) is 16.9. The lowest BCUT2D eigenvalue weighted by molar-refractivity contribution is 0.151. The normalized spacial score (nSPS) is 16.6. The van der Waals surface area contributed by atoms with Gasteiger partial charge in [-0.2, -0.15) is 0 Å². The van der Waals surface area contributed by atoms with E-state index in [1.807, 2.05) is 24.3 Å². The number of benzene rings is 2. The van der Waals surface area contributed by atoms with Gasteiger partial charge in [-0.15, -0.1) is 24.0 Å². The van der Waals surface area contributed by atoms with E-state index < -0.39 is 6.43 Å². The summed E-state index contributed by atoms with van der Waals surface area (Å²) in [5, 5.41) is 3.20. The zero-order valence-electron chi connectivity index (χ0n) is 13.5. The van der Waals surface area contributed by atoms with E-state index in [-0.39, 0.29) is 35.6 Å². The summed E-state index contributed by atoms with van der Waals surface area (Å²) in [4.78, 5) is 4.29. The summed E-state index contributed by atoms with van der Waals surface area (Å²) in [6.45, 7) is 0.963. The highest BCUT2D eigenvalue weighted by Crippen LogP contribution is 2.31. The van der Waals surface area contributed by atoms with E-state index in [0.717, 1.165) is 23.3 Å². The average molecular weight is 459 g/mol. The van der Waals surface area contributed by atoms with Crippen LogP contribution < -0.4 is 15.8 Å². The number of halogens is 3. The van der Waals surface area contributed by atoms with Crippen molar-refractivity contribution in [2.75, 3.05) is 6.61 Å². The Morgan fingerprint density at radius 3 is 2.64 bits per heavy atom. The molecule has 1 unspecified atom stereocenters. The fourth-order valence-corrected chi connectivity index (χ4v) is 2.66. The molecule has 0 spiro atoms. The van der Waals surface area contributed by atoms with Crippen LogP contribution in [0.2, 0.25) is 0 Å². The average Bonchev–Trinajstić information content (AvgIpc) is 2.61. The Kier molecular flexibility index (Phi) is 6.98. The Labute approximate surface area is 162 Å². The summed E-state index contributed by atoms with van der Waals surface area (Å²) in [6, 6.07) is 14.0. The van der Waals surface area contributed by atoms with Crippen LogP contribution in [0.5, 0.6) is 5.75 Å². The Bertz CT molecular complexity index is 723. The summed E-state index contributed by atoms with van der Waals surface area (Å²) in [6.07, 6.45) is -1.65. The number of nitrogens with two attached hydrogens (primary N) is 1. The second-order valence-corrected chi connectivity index (χ2v) is 5.62. The monoisotopic (exact) mass is 459 g/mol. The second-order valence-electron chi connectivity index (χ2n) is 5.62. The summed E-state index contributed by atoms with van der Waals surface area (Å²) in [5.74, 6) is 1.19. The number of fused-ring (bicyclic) bond motifs is 1. The van der Waals surface area contributed by atoms with Crippen LogP contribution >= 0.6 is 24.0 Å². The third-order valence-electron chi connectivity index (χ3n) is 3.94. The number of nitrogens with zero attached hydrogens (tertiary/aromatic N) is 1. The fourth-order valence-electron chi connectivity index (χ4n) is 2.66. The van der Waals surface area contributed by atoms with E-state index in [1.165, 1.54) is 12.1 Å². The maximum Gasteiger partial charge on any atom is 0.263 e. The van der Waals surface area contributed by atoms with Gasteiger partial charge >= 0.3 is 0 Å². The quantitative estimate of drug-likeness (QED) is 0.410. The molecule has 0 bridgehead atoms. The predicted octanol–water partition coefficient (Wildman–Crippen LogP) is 4.17. The molecule has 0 saturated carbocycles. The van der Waals surface area contributed by atoms with Crippen LogP contribution in [0.1, 0.15) is 35.6 Å². The highest BCUT2D eigenvalue weighted by Gasteiger charge is 2.21. The highest BCUT2D eigenvalue weighted by atomic mass is 127. The van der Waals surface area contributed by atoms with Crippen molar-refractivity contribution in [2.24, 2.45) is 10.7 Å². The molecule has 1 aliphatic rings. The molecule has 0 aliphatic carbocycles. The van der Waals surface area contributed by atoms with Crippen molar-refractivity contribution in [3.8, 4) is 5.75 Å². The van der Waals surface area contributed by atoms with Crippen molar-refractivity contribution in [2.45, 2.75) is 25.4 Å². The van der Waals surface area contributed by atoms with Crippen LogP contribution in [0.4, 0.5) is 8.78 Å². The van der Waals surface area contributed by atoms with Gasteiger partial charge in [0.25, 0.3) is 6.43 Å². The molecular formula is C18H20F2IN3O. The summed E-state index contributed by atoms with van der Waals surface area (Å²) in [5.41, 5.74) is 7.86. The topological polar surface area (TPSA) is 59.6 Å². The van der Waals surface area contributed by atoms with Crippen molar-refractivity contribution in [1.29, 1.82) is 0 Å². The first kappa shape index (κ1) is 19.4. The van der Waals surface area contributed by atoms with Gasteiger partial charge < -0.3 is 15.8 Å². The van der Waals surface area contributed by atoms with E-state index in [2.05, 4.69) is 10.3 Å². The van der Waals surface area contributed by atoms with Gasteiger partial charge in [0, 0.05) is 17.5 Å². The number of ether oxygens (including phenoxy) is 1. The van der Waals surface area contributed by atoms with Crippen LogP contribution in [0.15, 0.2) is 53.5 Å². The Morgan fingerprint density at radius 2 is 1.92 bits per heavy atom. The molecule has 25 heavy (non-hydrogen) atoms. The molecule has 3 rings (SSSR count). The minimum Gasteiger partial charge on any atom is -0.493 e. The number of para-hydroxylation sites is 1. The van der Waals surface area contributed by atoms with E-state index in [0.29, 0.717) is 19.1 Å². The molecule has 7 heteroatoms. The zero-order valence-corrected chi connectivity index (χ0v) is 15.8. The van der Waals surface area contributed by atoms with E-state index in [4.69, 9.17) is 10.5 Å². The number of alkyl halides is 2. The number of nitrogens with one attached hydrogen (secondary N) is 1. The molecule has 0 saturated heterocycles. The minimum atomic E-state index is -2.46. The van der Waals surface area contributed by atoms with E-state index >= 15 is 0 Å². The Balaban J connectivity index is 0.00000225.